The Hall–Kier alpha value is -1.88. The van der Waals surface area contributed by atoms with Crippen molar-refractivity contribution < 1.29 is 9.66 Å². The zero-order chi connectivity index (χ0) is 15.4. The van der Waals surface area contributed by atoms with Gasteiger partial charge in [0.1, 0.15) is 12.4 Å². The number of ether oxygens (including phenoxy) is 1. The van der Waals surface area contributed by atoms with E-state index in [1.54, 1.807) is 12.1 Å². The highest BCUT2D eigenvalue weighted by Gasteiger charge is 2.15. The highest BCUT2D eigenvalue weighted by molar-refractivity contribution is 9.10. The molecule has 21 heavy (non-hydrogen) atoms. The van der Waals surface area contributed by atoms with Crippen molar-refractivity contribution in [2.45, 2.75) is 26.4 Å². The van der Waals surface area contributed by atoms with Crippen LogP contribution in [0.3, 0.4) is 0 Å². The number of hydrogen-bond acceptors (Lipinski definition) is 3. The second-order valence-electron chi connectivity index (χ2n) is 5.01. The first kappa shape index (κ1) is 15.5. The summed E-state index contributed by atoms with van der Waals surface area (Å²) in [5.74, 6) is 1.10. The van der Waals surface area contributed by atoms with E-state index in [-0.39, 0.29) is 12.3 Å². The Balaban J connectivity index is 2.23. The van der Waals surface area contributed by atoms with Crippen LogP contribution in [-0.2, 0) is 6.61 Å². The van der Waals surface area contributed by atoms with Crippen molar-refractivity contribution in [3.05, 3.63) is 68.2 Å². The second kappa shape index (κ2) is 6.72. The maximum Gasteiger partial charge on any atom is 0.277 e. The number of para-hydroxylation sites is 1. The quantitative estimate of drug-likeness (QED) is 0.559. The van der Waals surface area contributed by atoms with Crippen LogP contribution in [0.2, 0.25) is 0 Å². The third-order valence-electron chi connectivity index (χ3n) is 3.17. The molecule has 0 saturated carbocycles. The van der Waals surface area contributed by atoms with Crippen LogP contribution in [0.4, 0.5) is 5.69 Å². The molecule has 0 aliphatic heterocycles. The van der Waals surface area contributed by atoms with Crippen LogP contribution in [0.15, 0.2) is 46.9 Å². The molecule has 0 bridgehead atoms. The molecule has 2 aromatic rings. The van der Waals surface area contributed by atoms with E-state index in [0.717, 1.165) is 11.3 Å². The lowest BCUT2D eigenvalue weighted by atomic mass is 10.0. The van der Waals surface area contributed by atoms with E-state index in [4.69, 9.17) is 4.74 Å². The summed E-state index contributed by atoms with van der Waals surface area (Å²) in [4.78, 5) is 10.7. The van der Waals surface area contributed by atoms with E-state index < -0.39 is 4.92 Å². The minimum Gasteiger partial charge on any atom is -0.488 e. The Morgan fingerprint density at radius 3 is 2.62 bits per heavy atom. The van der Waals surface area contributed by atoms with Gasteiger partial charge in [-0.15, -0.1) is 0 Å². The van der Waals surface area contributed by atoms with Gasteiger partial charge in [0.15, 0.2) is 0 Å². The SMILES string of the molecule is CC(C)c1ccccc1OCc1ccc(Br)cc1[N+](=O)[O-]. The molecule has 0 unspecified atom stereocenters. The van der Waals surface area contributed by atoms with Crippen molar-refractivity contribution >= 4 is 21.6 Å². The third-order valence-corrected chi connectivity index (χ3v) is 3.66. The smallest absolute Gasteiger partial charge is 0.277 e. The van der Waals surface area contributed by atoms with Crippen LogP contribution in [0, 0.1) is 10.1 Å². The highest BCUT2D eigenvalue weighted by atomic mass is 79.9. The molecule has 0 aliphatic rings. The fraction of sp³-hybridized carbons (Fsp3) is 0.250. The number of nitro benzene ring substituents is 1. The first-order valence-corrected chi connectivity index (χ1v) is 7.43. The van der Waals surface area contributed by atoms with E-state index in [9.17, 15) is 10.1 Å². The van der Waals surface area contributed by atoms with Gasteiger partial charge >= 0.3 is 0 Å². The predicted molar refractivity (Wildman–Crippen MR) is 85.7 cm³/mol. The van der Waals surface area contributed by atoms with Crippen molar-refractivity contribution in [2.75, 3.05) is 0 Å². The molecule has 0 spiro atoms. The fourth-order valence-electron chi connectivity index (χ4n) is 2.07. The lowest BCUT2D eigenvalue weighted by Crippen LogP contribution is -2.02. The Kier molecular flexibility index (Phi) is 4.96. The molecular weight excluding hydrogens is 334 g/mol. The van der Waals surface area contributed by atoms with Crippen molar-refractivity contribution in [3.63, 3.8) is 0 Å². The number of halogens is 1. The molecule has 0 amide bonds. The maximum atomic E-state index is 11.1. The zero-order valence-corrected chi connectivity index (χ0v) is 13.5. The zero-order valence-electron chi connectivity index (χ0n) is 11.9. The van der Waals surface area contributed by atoms with Gasteiger partial charge in [0, 0.05) is 10.5 Å². The van der Waals surface area contributed by atoms with Gasteiger partial charge in [-0.1, -0.05) is 48.0 Å². The molecule has 0 aliphatic carbocycles. The minimum absolute atomic E-state index is 0.0615. The van der Waals surface area contributed by atoms with Crippen LogP contribution in [0.1, 0.15) is 30.9 Å². The summed E-state index contributed by atoms with van der Waals surface area (Å²) in [7, 11) is 0. The van der Waals surface area contributed by atoms with Gasteiger partial charge in [0.25, 0.3) is 5.69 Å². The van der Waals surface area contributed by atoms with Gasteiger partial charge in [-0.3, -0.25) is 10.1 Å². The summed E-state index contributed by atoms with van der Waals surface area (Å²) in [6.07, 6.45) is 0. The molecule has 110 valence electrons. The van der Waals surface area contributed by atoms with Crippen LogP contribution in [-0.4, -0.2) is 4.92 Å². The molecule has 0 N–H and O–H groups in total. The second-order valence-corrected chi connectivity index (χ2v) is 5.93. The highest BCUT2D eigenvalue weighted by Crippen LogP contribution is 2.29. The summed E-state index contributed by atoms with van der Waals surface area (Å²) in [5, 5.41) is 11.1. The Labute approximate surface area is 132 Å². The van der Waals surface area contributed by atoms with Gasteiger partial charge in [-0.05, 0) is 29.7 Å². The van der Waals surface area contributed by atoms with Crippen LogP contribution in [0.25, 0.3) is 0 Å². The van der Waals surface area contributed by atoms with Crippen LogP contribution in [0.5, 0.6) is 5.75 Å². The number of rotatable bonds is 5. The predicted octanol–water partition coefficient (Wildman–Crippen LogP) is 5.06. The molecule has 0 saturated heterocycles. The van der Waals surface area contributed by atoms with Gasteiger partial charge in [-0.2, -0.15) is 0 Å². The molecular formula is C16H16BrNO3. The lowest BCUT2D eigenvalue weighted by Gasteiger charge is -2.14. The van der Waals surface area contributed by atoms with E-state index in [1.807, 2.05) is 24.3 Å². The topological polar surface area (TPSA) is 52.4 Å². The number of nitrogens with zero attached hydrogens (tertiary/aromatic N) is 1. The average molecular weight is 350 g/mol. The number of benzene rings is 2. The first-order valence-electron chi connectivity index (χ1n) is 6.63. The summed E-state index contributed by atoms with van der Waals surface area (Å²) in [5.41, 5.74) is 1.71. The lowest BCUT2D eigenvalue weighted by molar-refractivity contribution is -0.385. The Morgan fingerprint density at radius 2 is 1.95 bits per heavy atom. The summed E-state index contributed by atoms with van der Waals surface area (Å²) in [6.45, 7) is 4.35. The molecule has 0 aromatic heterocycles. The molecule has 0 atom stereocenters. The van der Waals surface area contributed by atoms with E-state index in [2.05, 4.69) is 29.8 Å². The number of nitro groups is 1. The van der Waals surface area contributed by atoms with Crippen molar-refractivity contribution in [1.29, 1.82) is 0 Å². The Morgan fingerprint density at radius 1 is 1.24 bits per heavy atom. The van der Waals surface area contributed by atoms with Gasteiger partial charge in [-0.25, -0.2) is 0 Å². The van der Waals surface area contributed by atoms with Gasteiger partial charge in [0.2, 0.25) is 0 Å². The molecule has 2 rings (SSSR count). The Bertz CT molecular complexity index is 656. The molecule has 0 heterocycles. The fourth-order valence-corrected chi connectivity index (χ4v) is 2.42. The summed E-state index contributed by atoms with van der Waals surface area (Å²) >= 11 is 3.25. The van der Waals surface area contributed by atoms with Gasteiger partial charge < -0.3 is 4.74 Å². The molecule has 0 radical (unpaired) electrons. The first-order chi connectivity index (χ1) is 9.99. The minimum atomic E-state index is -0.391. The number of hydrogen-bond donors (Lipinski definition) is 0. The standard InChI is InChI=1S/C16H16BrNO3/c1-11(2)14-5-3-4-6-16(14)21-10-12-7-8-13(17)9-15(12)18(19)20/h3-9,11H,10H2,1-2H3. The van der Waals surface area contributed by atoms with Gasteiger partial charge in [0.05, 0.1) is 10.5 Å². The largest absolute Gasteiger partial charge is 0.488 e. The molecule has 5 heteroatoms. The monoisotopic (exact) mass is 349 g/mol. The van der Waals surface area contributed by atoms with Crippen LogP contribution >= 0.6 is 15.9 Å². The summed E-state index contributed by atoms with van der Waals surface area (Å²) < 4.78 is 6.48. The molecule has 0 fully saturated rings. The normalized spacial score (nSPS) is 10.7. The molecule has 4 nitrogen and oxygen atoms in total. The van der Waals surface area contributed by atoms with E-state index in [0.29, 0.717) is 16.0 Å². The van der Waals surface area contributed by atoms with E-state index in [1.165, 1.54) is 6.07 Å². The van der Waals surface area contributed by atoms with Crippen molar-refractivity contribution in [1.82, 2.24) is 0 Å². The average Bonchev–Trinajstić information content (AvgIpc) is 2.46. The third kappa shape index (κ3) is 3.82. The van der Waals surface area contributed by atoms with Crippen molar-refractivity contribution in [3.8, 4) is 5.75 Å². The summed E-state index contributed by atoms with van der Waals surface area (Å²) in [6, 6.07) is 12.7. The maximum absolute atomic E-state index is 11.1. The van der Waals surface area contributed by atoms with Crippen LogP contribution < -0.4 is 4.74 Å². The van der Waals surface area contributed by atoms with E-state index >= 15 is 0 Å². The van der Waals surface area contributed by atoms with Crippen molar-refractivity contribution in [2.24, 2.45) is 0 Å². The molecule has 2 aromatic carbocycles.